The van der Waals surface area contributed by atoms with E-state index < -0.39 is 17.9 Å². The molecule has 0 aliphatic carbocycles. The Labute approximate surface area is 210 Å². The molecule has 1 unspecified atom stereocenters. The number of carbonyl (C=O) groups excluding carboxylic acids is 3. The lowest BCUT2D eigenvalue weighted by Crippen LogP contribution is -2.50. The Morgan fingerprint density at radius 2 is 1.69 bits per heavy atom. The first kappa shape index (κ1) is 26.8. The third kappa shape index (κ3) is 8.48. The van der Waals surface area contributed by atoms with Crippen LogP contribution < -0.4 is 32.5 Å². The van der Waals surface area contributed by atoms with Crippen molar-refractivity contribution in [2.75, 3.05) is 31.5 Å². The number of hydrogen-bond acceptors (Lipinski definition) is 7. The van der Waals surface area contributed by atoms with E-state index in [1.54, 1.807) is 36.4 Å². The summed E-state index contributed by atoms with van der Waals surface area (Å²) in [5, 5.41) is 20.7. The van der Waals surface area contributed by atoms with E-state index in [0.717, 1.165) is 25.1 Å². The van der Waals surface area contributed by atoms with Gasteiger partial charge >= 0.3 is 0 Å². The van der Waals surface area contributed by atoms with Gasteiger partial charge in [0.15, 0.2) is 0 Å². The Hall–Kier alpha value is -3.75. The fourth-order valence-electron chi connectivity index (χ4n) is 3.70. The van der Waals surface area contributed by atoms with Crippen LogP contribution in [-0.2, 0) is 9.59 Å². The highest BCUT2D eigenvalue weighted by Crippen LogP contribution is 2.10. The van der Waals surface area contributed by atoms with Gasteiger partial charge in [0.25, 0.3) is 11.8 Å². The third-order valence-electron chi connectivity index (χ3n) is 5.72. The molecule has 0 saturated carbocycles. The fourth-order valence-corrected chi connectivity index (χ4v) is 3.70. The van der Waals surface area contributed by atoms with E-state index in [4.69, 9.17) is 10.9 Å². The van der Waals surface area contributed by atoms with Gasteiger partial charge in [0.1, 0.15) is 6.04 Å². The SMILES string of the molecule is NC[C@H](NC(=O)c1ccc(C#Cc2ccc(NC(=O)CNCC3CCCCN3)cc2)cc1)C(=O)NO. The topological polar surface area (TPSA) is 158 Å². The van der Waals surface area contributed by atoms with Crippen molar-refractivity contribution in [2.24, 2.45) is 5.73 Å². The molecule has 2 atom stereocenters. The normalized spacial score (nSPS) is 15.7. The van der Waals surface area contributed by atoms with Crippen molar-refractivity contribution < 1.29 is 19.6 Å². The molecule has 2 aromatic carbocycles. The standard InChI is InChI=1S/C26H32N6O4/c27-15-23(26(35)32-36)31-25(34)20-10-6-18(7-11-20)4-5-19-8-12-21(13-9-19)30-24(33)17-28-16-22-3-1-2-14-29-22/h6-13,22-23,28-29,36H,1-3,14-17,27H2,(H,30,33)(H,31,34)(H,32,35)/t22?,23-/m0/s1. The monoisotopic (exact) mass is 492 g/mol. The number of carbonyl (C=O) groups is 3. The van der Waals surface area contributed by atoms with Crippen LogP contribution in [-0.4, -0.2) is 61.2 Å². The molecular formula is C26H32N6O4. The summed E-state index contributed by atoms with van der Waals surface area (Å²) in [6.07, 6.45) is 3.58. The van der Waals surface area contributed by atoms with Gasteiger partial charge in [-0.05, 0) is 67.9 Å². The molecule has 0 spiro atoms. The van der Waals surface area contributed by atoms with Gasteiger partial charge in [-0.2, -0.15) is 0 Å². The Kier molecular flexibility index (Phi) is 10.4. The average molecular weight is 493 g/mol. The summed E-state index contributed by atoms with van der Waals surface area (Å²) in [5.41, 5.74) is 9.41. The minimum Gasteiger partial charge on any atom is -0.339 e. The second-order valence-corrected chi connectivity index (χ2v) is 8.47. The Balaban J connectivity index is 1.47. The number of rotatable bonds is 9. The van der Waals surface area contributed by atoms with Crippen LogP contribution in [0.15, 0.2) is 48.5 Å². The van der Waals surface area contributed by atoms with E-state index in [-0.39, 0.29) is 19.0 Å². The summed E-state index contributed by atoms with van der Waals surface area (Å²) in [4.78, 5) is 35.9. The molecule has 1 aliphatic heterocycles. The first-order valence-corrected chi connectivity index (χ1v) is 11.9. The predicted molar refractivity (Wildman–Crippen MR) is 136 cm³/mol. The summed E-state index contributed by atoms with van der Waals surface area (Å²) in [6, 6.07) is 13.2. The highest BCUT2D eigenvalue weighted by Gasteiger charge is 2.19. The molecule has 190 valence electrons. The van der Waals surface area contributed by atoms with Crippen molar-refractivity contribution in [2.45, 2.75) is 31.3 Å². The molecule has 36 heavy (non-hydrogen) atoms. The van der Waals surface area contributed by atoms with E-state index in [2.05, 4.69) is 33.1 Å². The Bertz CT molecular complexity index is 1090. The van der Waals surface area contributed by atoms with Crippen molar-refractivity contribution in [1.82, 2.24) is 21.4 Å². The van der Waals surface area contributed by atoms with Crippen LogP contribution in [0.25, 0.3) is 0 Å². The number of hydrogen-bond donors (Lipinski definition) is 7. The maximum atomic E-state index is 12.3. The molecule has 10 nitrogen and oxygen atoms in total. The zero-order valence-electron chi connectivity index (χ0n) is 20.0. The van der Waals surface area contributed by atoms with E-state index in [1.807, 2.05) is 12.1 Å². The molecule has 8 N–H and O–H groups in total. The minimum absolute atomic E-state index is 0.0939. The summed E-state index contributed by atoms with van der Waals surface area (Å²) in [6.45, 7) is 1.93. The van der Waals surface area contributed by atoms with E-state index in [9.17, 15) is 14.4 Å². The number of amides is 3. The van der Waals surface area contributed by atoms with Crippen molar-refractivity contribution in [3.63, 3.8) is 0 Å². The minimum atomic E-state index is -1.04. The van der Waals surface area contributed by atoms with Gasteiger partial charge in [0.2, 0.25) is 5.91 Å². The highest BCUT2D eigenvalue weighted by molar-refractivity contribution is 5.97. The molecule has 0 bridgehead atoms. The fraction of sp³-hybridized carbons (Fsp3) is 0.346. The first-order chi connectivity index (χ1) is 17.5. The number of nitrogens with one attached hydrogen (secondary N) is 5. The van der Waals surface area contributed by atoms with Gasteiger partial charge in [0, 0.05) is 41.5 Å². The van der Waals surface area contributed by atoms with Crippen LogP contribution in [0.3, 0.4) is 0 Å². The molecule has 0 radical (unpaired) electrons. The van der Waals surface area contributed by atoms with E-state index in [1.165, 1.54) is 18.3 Å². The zero-order valence-corrected chi connectivity index (χ0v) is 20.0. The van der Waals surface area contributed by atoms with Crippen molar-refractivity contribution >= 4 is 23.4 Å². The number of benzene rings is 2. The molecular weight excluding hydrogens is 460 g/mol. The van der Waals surface area contributed by atoms with Crippen molar-refractivity contribution in [3.8, 4) is 11.8 Å². The van der Waals surface area contributed by atoms with Gasteiger partial charge in [0.05, 0.1) is 6.54 Å². The van der Waals surface area contributed by atoms with Gasteiger partial charge in [-0.1, -0.05) is 18.3 Å². The van der Waals surface area contributed by atoms with Crippen LogP contribution >= 0.6 is 0 Å². The van der Waals surface area contributed by atoms with E-state index >= 15 is 0 Å². The molecule has 10 heteroatoms. The molecule has 1 aliphatic rings. The predicted octanol–water partition coefficient (Wildman–Crippen LogP) is 0.319. The lowest BCUT2D eigenvalue weighted by atomic mass is 10.1. The summed E-state index contributed by atoms with van der Waals surface area (Å²) in [5.74, 6) is 4.69. The van der Waals surface area contributed by atoms with E-state index in [0.29, 0.717) is 22.9 Å². The summed E-state index contributed by atoms with van der Waals surface area (Å²) >= 11 is 0. The van der Waals surface area contributed by atoms with Crippen molar-refractivity contribution in [1.29, 1.82) is 0 Å². The van der Waals surface area contributed by atoms with Crippen LogP contribution in [0.4, 0.5) is 5.69 Å². The lowest BCUT2D eigenvalue weighted by molar-refractivity contribution is -0.130. The molecule has 1 fully saturated rings. The molecule has 3 amide bonds. The Morgan fingerprint density at radius 3 is 2.28 bits per heavy atom. The van der Waals surface area contributed by atoms with Crippen LogP contribution in [0.1, 0.15) is 40.7 Å². The van der Waals surface area contributed by atoms with Crippen LogP contribution in [0.5, 0.6) is 0 Å². The summed E-state index contributed by atoms with van der Waals surface area (Å²) < 4.78 is 0. The van der Waals surface area contributed by atoms with Gasteiger partial charge in [-0.3, -0.25) is 19.6 Å². The highest BCUT2D eigenvalue weighted by atomic mass is 16.5. The largest absolute Gasteiger partial charge is 0.339 e. The number of piperidine rings is 1. The molecule has 1 saturated heterocycles. The second-order valence-electron chi connectivity index (χ2n) is 8.47. The van der Waals surface area contributed by atoms with Crippen LogP contribution in [0.2, 0.25) is 0 Å². The number of hydroxylamine groups is 1. The first-order valence-electron chi connectivity index (χ1n) is 11.9. The number of nitrogens with two attached hydrogens (primary N) is 1. The Morgan fingerprint density at radius 1 is 1.03 bits per heavy atom. The maximum absolute atomic E-state index is 12.3. The maximum Gasteiger partial charge on any atom is 0.267 e. The quantitative estimate of drug-likeness (QED) is 0.151. The summed E-state index contributed by atoms with van der Waals surface area (Å²) in [7, 11) is 0. The average Bonchev–Trinajstić information content (AvgIpc) is 2.91. The van der Waals surface area contributed by atoms with Crippen LogP contribution in [0, 0.1) is 11.8 Å². The molecule has 2 aromatic rings. The molecule has 1 heterocycles. The smallest absolute Gasteiger partial charge is 0.267 e. The van der Waals surface area contributed by atoms with Gasteiger partial charge in [-0.15, -0.1) is 0 Å². The van der Waals surface area contributed by atoms with Gasteiger partial charge < -0.3 is 27.0 Å². The third-order valence-corrected chi connectivity index (χ3v) is 5.72. The zero-order chi connectivity index (χ0) is 25.8. The molecule has 0 aromatic heterocycles. The molecule has 3 rings (SSSR count). The number of anilines is 1. The van der Waals surface area contributed by atoms with Crippen molar-refractivity contribution in [3.05, 3.63) is 65.2 Å². The second kappa shape index (κ2) is 14.0. The van der Waals surface area contributed by atoms with Gasteiger partial charge in [-0.25, -0.2) is 5.48 Å². The lowest BCUT2D eigenvalue weighted by Gasteiger charge is -2.23.